The minimum atomic E-state index is 0.403. The van der Waals surface area contributed by atoms with Crippen molar-refractivity contribution >= 4 is 21.6 Å². The first kappa shape index (κ1) is 16.8. The van der Waals surface area contributed by atoms with E-state index in [0.717, 1.165) is 12.5 Å². The summed E-state index contributed by atoms with van der Waals surface area (Å²) in [7, 11) is 0. The smallest absolute Gasteiger partial charge is 0.0510 e. The molecule has 1 saturated heterocycles. The van der Waals surface area contributed by atoms with Crippen molar-refractivity contribution < 1.29 is 0 Å². The van der Waals surface area contributed by atoms with Gasteiger partial charge in [-0.05, 0) is 64.8 Å². The summed E-state index contributed by atoms with van der Waals surface area (Å²) >= 11 is 3.78. The molecule has 0 aromatic heterocycles. The number of rotatable bonds is 4. The van der Waals surface area contributed by atoms with Gasteiger partial charge >= 0.3 is 0 Å². The molecule has 3 heteroatoms. The van der Waals surface area contributed by atoms with Gasteiger partial charge in [0.1, 0.15) is 0 Å². The van der Waals surface area contributed by atoms with Gasteiger partial charge < -0.3 is 10.2 Å². The molecule has 2 nitrogen and oxygen atoms in total. The number of hydrogen-bond donors (Lipinski definition) is 1. The molecule has 1 N–H and O–H groups in total. The molecule has 1 aromatic rings. The quantitative estimate of drug-likeness (QED) is 0.820. The van der Waals surface area contributed by atoms with E-state index in [-0.39, 0.29) is 0 Å². The minimum Gasteiger partial charge on any atom is -0.370 e. The van der Waals surface area contributed by atoms with Gasteiger partial charge in [0, 0.05) is 23.6 Å². The molecule has 1 aromatic carbocycles. The zero-order valence-corrected chi connectivity index (χ0v) is 15.6. The monoisotopic (exact) mass is 352 g/mol. The number of nitrogens with one attached hydrogen (secondary N) is 1. The van der Waals surface area contributed by atoms with Crippen LogP contribution in [0.25, 0.3) is 0 Å². The molecule has 0 saturated carbocycles. The fourth-order valence-electron chi connectivity index (χ4n) is 3.16. The second-order valence-corrected chi connectivity index (χ2v) is 8.14. The average molecular weight is 353 g/mol. The molecular formula is C18H29BrN2. The van der Waals surface area contributed by atoms with Gasteiger partial charge in [0.2, 0.25) is 0 Å². The molecule has 2 atom stereocenters. The van der Waals surface area contributed by atoms with Gasteiger partial charge in [-0.25, -0.2) is 0 Å². The molecular weight excluding hydrogens is 324 g/mol. The molecule has 1 heterocycles. The van der Waals surface area contributed by atoms with E-state index in [2.05, 4.69) is 79.0 Å². The van der Waals surface area contributed by atoms with E-state index in [0.29, 0.717) is 11.5 Å². The lowest BCUT2D eigenvalue weighted by molar-refractivity contribution is 0.263. The minimum absolute atomic E-state index is 0.403. The van der Waals surface area contributed by atoms with Crippen LogP contribution in [-0.2, 0) is 0 Å². The first-order valence-electron chi connectivity index (χ1n) is 8.10. The first-order chi connectivity index (χ1) is 9.82. The Hall–Kier alpha value is -0.540. The summed E-state index contributed by atoms with van der Waals surface area (Å²) in [6, 6.07) is 7.21. The van der Waals surface area contributed by atoms with Crippen molar-refractivity contribution in [2.45, 2.75) is 47.1 Å². The van der Waals surface area contributed by atoms with Crippen LogP contribution in [0.4, 0.5) is 5.69 Å². The van der Waals surface area contributed by atoms with Gasteiger partial charge in [-0.2, -0.15) is 0 Å². The molecule has 0 bridgehead atoms. The first-order valence-corrected chi connectivity index (χ1v) is 8.90. The highest BCUT2D eigenvalue weighted by Crippen LogP contribution is 2.38. The third-order valence-corrected chi connectivity index (χ3v) is 5.37. The van der Waals surface area contributed by atoms with E-state index in [1.54, 1.807) is 0 Å². The zero-order valence-electron chi connectivity index (χ0n) is 14.0. The van der Waals surface area contributed by atoms with Crippen LogP contribution in [0.5, 0.6) is 0 Å². The predicted octanol–water partition coefficient (Wildman–Crippen LogP) is 4.99. The van der Waals surface area contributed by atoms with Crippen LogP contribution in [0.3, 0.4) is 0 Å². The summed E-state index contributed by atoms with van der Waals surface area (Å²) in [5.41, 5.74) is 3.09. The van der Waals surface area contributed by atoms with Crippen molar-refractivity contribution in [3.05, 3.63) is 28.2 Å². The third kappa shape index (κ3) is 4.01. The molecule has 118 valence electrons. The maximum absolute atomic E-state index is 3.78. The lowest BCUT2D eigenvalue weighted by Gasteiger charge is -2.28. The van der Waals surface area contributed by atoms with E-state index >= 15 is 0 Å². The van der Waals surface area contributed by atoms with Crippen molar-refractivity contribution in [3.8, 4) is 0 Å². The van der Waals surface area contributed by atoms with Gasteiger partial charge in [-0.1, -0.05) is 33.8 Å². The lowest BCUT2D eigenvalue weighted by Crippen LogP contribution is -2.26. The van der Waals surface area contributed by atoms with Crippen LogP contribution >= 0.6 is 15.9 Å². The van der Waals surface area contributed by atoms with Gasteiger partial charge in [0.15, 0.2) is 0 Å². The second kappa shape index (κ2) is 6.70. The van der Waals surface area contributed by atoms with Crippen molar-refractivity contribution in [1.82, 2.24) is 5.32 Å². The van der Waals surface area contributed by atoms with Crippen LogP contribution in [0.2, 0.25) is 0 Å². The van der Waals surface area contributed by atoms with Gasteiger partial charge in [0.25, 0.3) is 0 Å². The molecule has 1 aliphatic heterocycles. The molecule has 0 radical (unpaired) electrons. The summed E-state index contributed by atoms with van der Waals surface area (Å²) in [6.07, 6.45) is 1.30. The predicted molar refractivity (Wildman–Crippen MR) is 96.0 cm³/mol. The molecule has 21 heavy (non-hydrogen) atoms. The Morgan fingerprint density at radius 3 is 2.62 bits per heavy atom. The largest absolute Gasteiger partial charge is 0.370 e. The maximum Gasteiger partial charge on any atom is 0.0510 e. The maximum atomic E-state index is 3.78. The Morgan fingerprint density at radius 1 is 1.38 bits per heavy atom. The van der Waals surface area contributed by atoms with E-state index < -0.39 is 0 Å². The van der Waals surface area contributed by atoms with Crippen molar-refractivity contribution in [1.29, 1.82) is 0 Å². The number of anilines is 1. The normalized spacial score (nSPS) is 20.9. The summed E-state index contributed by atoms with van der Waals surface area (Å²) < 4.78 is 1.22. The van der Waals surface area contributed by atoms with E-state index in [1.807, 2.05) is 0 Å². The van der Waals surface area contributed by atoms with Gasteiger partial charge in [0.05, 0.1) is 5.69 Å². The Labute approximate surface area is 138 Å². The van der Waals surface area contributed by atoms with E-state index in [4.69, 9.17) is 0 Å². The van der Waals surface area contributed by atoms with Crippen molar-refractivity contribution in [2.75, 3.05) is 24.5 Å². The van der Waals surface area contributed by atoms with Crippen LogP contribution in [0, 0.1) is 11.3 Å². The highest BCUT2D eigenvalue weighted by molar-refractivity contribution is 9.10. The number of benzene rings is 1. The molecule has 2 unspecified atom stereocenters. The standard InChI is InChI=1S/C18H29BrN2/c1-6-20-13(2)14-7-8-17(16(19)11-14)21-10-9-15(12-21)18(3,4)5/h7-8,11,13,15,20H,6,9-10,12H2,1-5H3. The summed E-state index contributed by atoms with van der Waals surface area (Å²) in [5.74, 6) is 0.782. The molecule has 0 spiro atoms. The number of hydrogen-bond acceptors (Lipinski definition) is 2. The summed E-state index contributed by atoms with van der Waals surface area (Å²) in [5, 5.41) is 3.47. The summed E-state index contributed by atoms with van der Waals surface area (Å²) in [4.78, 5) is 2.53. The molecule has 0 amide bonds. The Bertz CT molecular complexity index is 479. The highest BCUT2D eigenvalue weighted by Gasteiger charge is 2.32. The van der Waals surface area contributed by atoms with Gasteiger partial charge in [-0.15, -0.1) is 0 Å². The fraction of sp³-hybridized carbons (Fsp3) is 0.667. The highest BCUT2D eigenvalue weighted by atomic mass is 79.9. The van der Waals surface area contributed by atoms with Crippen LogP contribution in [0.15, 0.2) is 22.7 Å². The number of halogens is 1. The van der Waals surface area contributed by atoms with Crippen LogP contribution in [0.1, 0.15) is 52.6 Å². The van der Waals surface area contributed by atoms with E-state index in [9.17, 15) is 0 Å². The molecule has 1 aliphatic rings. The SMILES string of the molecule is CCNC(C)c1ccc(N2CCC(C(C)(C)C)C2)c(Br)c1. The Morgan fingerprint density at radius 2 is 2.10 bits per heavy atom. The van der Waals surface area contributed by atoms with Crippen molar-refractivity contribution in [2.24, 2.45) is 11.3 Å². The van der Waals surface area contributed by atoms with E-state index in [1.165, 1.54) is 35.2 Å². The topological polar surface area (TPSA) is 15.3 Å². The molecule has 0 aliphatic carbocycles. The Kier molecular flexibility index (Phi) is 5.37. The average Bonchev–Trinajstić information content (AvgIpc) is 2.88. The van der Waals surface area contributed by atoms with Gasteiger partial charge in [-0.3, -0.25) is 0 Å². The fourth-order valence-corrected chi connectivity index (χ4v) is 3.81. The molecule has 2 rings (SSSR count). The zero-order chi connectivity index (χ0) is 15.6. The summed E-state index contributed by atoms with van der Waals surface area (Å²) in [6.45, 7) is 14.8. The third-order valence-electron chi connectivity index (χ3n) is 4.74. The van der Waals surface area contributed by atoms with Crippen LogP contribution in [-0.4, -0.2) is 19.6 Å². The lowest BCUT2D eigenvalue weighted by atomic mass is 9.80. The molecule has 1 fully saturated rings. The Balaban J connectivity index is 2.12. The van der Waals surface area contributed by atoms with Crippen LogP contribution < -0.4 is 10.2 Å². The second-order valence-electron chi connectivity index (χ2n) is 7.29. The van der Waals surface area contributed by atoms with Crippen molar-refractivity contribution in [3.63, 3.8) is 0 Å². The number of nitrogens with zero attached hydrogens (tertiary/aromatic N) is 1.